The number of benzene rings is 1. The molecule has 0 atom stereocenters. The molecule has 1 aromatic rings. The third-order valence-electron chi connectivity index (χ3n) is 2.09. The maximum Gasteiger partial charge on any atom is 0.0214 e. The van der Waals surface area contributed by atoms with E-state index in [0.29, 0.717) is 0 Å². The Kier molecular flexibility index (Phi) is 4.84. The largest absolute Gasteiger partial charge is 0.0883 e. The SMILES string of the molecule is CCC(=CCBr)Cc1ccccc1. The van der Waals surface area contributed by atoms with Crippen LogP contribution in [0.5, 0.6) is 0 Å². The third-order valence-corrected chi connectivity index (χ3v) is 2.42. The van der Waals surface area contributed by atoms with Gasteiger partial charge in [-0.2, -0.15) is 0 Å². The number of hydrogen-bond donors (Lipinski definition) is 0. The molecule has 0 saturated heterocycles. The molecule has 0 bridgehead atoms. The fraction of sp³-hybridized carbons (Fsp3) is 0.333. The average Bonchev–Trinajstić information content (AvgIpc) is 2.19. The molecule has 0 aliphatic rings. The average molecular weight is 239 g/mol. The van der Waals surface area contributed by atoms with Crippen LogP contribution in [0.25, 0.3) is 0 Å². The summed E-state index contributed by atoms with van der Waals surface area (Å²) in [6.45, 7) is 2.21. The van der Waals surface area contributed by atoms with Gasteiger partial charge in [-0.1, -0.05) is 64.8 Å². The molecular formula is C12H15Br. The predicted octanol–water partition coefficient (Wildman–Crippen LogP) is 3.96. The van der Waals surface area contributed by atoms with Crippen molar-refractivity contribution in [2.45, 2.75) is 19.8 Å². The van der Waals surface area contributed by atoms with Gasteiger partial charge in [-0.25, -0.2) is 0 Å². The fourth-order valence-electron chi connectivity index (χ4n) is 1.31. The normalized spacial score (nSPS) is 11.7. The van der Waals surface area contributed by atoms with Crippen LogP contribution in [0.4, 0.5) is 0 Å². The molecule has 0 aliphatic heterocycles. The second kappa shape index (κ2) is 5.98. The van der Waals surface area contributed by atoms with Gasteiger partial charge < -0.3 is 0 Å². The molecule has 70 valence electrons. The highest BCUT2D eigenvalue weighted by Crippen LogP contribution is 2.11. The molecule has 13 heavy (non-hydrogen) atoms. The van der Waals surface area contributed by atoms with Crippen LogP contribution in [-0.4, -0.2) is 5.33 Å². The highest BCUT2D eigenvalue weighted by Gasteiger charge is 1.95. The van der Waals surface area contributed by atoms with Crippen LogP contribution >= 0.6 is 15.9 Å². The maximum absolute atomic E-state index is 3.43. The Hall–Kier alpha value is -0.560. The summed E-state index contributed by atoms with van der Waals surface area (Å²) in [5.41, 5.74) is 2.90. The van der Waals surface area contributed by atoms with Crippen molar-refractivity contribution in [3.63, 3.8) is 0 Å². The van der Waals surface area contributed by atoms with Crippen molar-refractivity contribution in [3.05, 3.63) is 47.5 Å². The van der Waals surface area contributed by atoms with Crippen LogP contribution in [-0.2, 0) is 6.42 Å². The quantitative estimate of drug-likeness (QED) is 0.551. The van der Waals surface area contributed by atoms with Crippen LogP contribution < -0.4 is 0 Å². The predicted molar refractivity (Wildman–Crippen MR) is 62.3 cm³/mol. The van der Waals surface area contributed by atoms with Gasteiger partial charge in [0.25, 0.3) is 0 Å². The molecule has 0 aliphatic carbocycles. The van der Waals surface area contributed by atoms with E-state index >= 15 is 0 Å². The lowest BCUT2D eigenvalue weighted by atomic mass is 10.0. The van der Waals surface area contributed by atoms with E-state index in [1.807, 2.05) is 0 Å². The Morgan fingerprint density at radius 2 is 2.00 bits per heavy atom. The summed E-state index contributed by atoms with van der Waals surface area (Å²) >= 11 is 3.43. The molecule has 1 rings (SSSR count). The lowest BCUT2D eigenvalue weighted by molar-refractivity contribution is 1.000. The first-order valence-corrected chi connectivity index (χ1v) is 5.76. The first-order valence-electron chi connectivity index (χ1n) is 4.64. The Morgan fingerprint density at radius 1 is 1.31 bits per heavy atom. The maximum atomic E-state index is 3.43. The smallest absolute Gasteiger partial charge is 0.0214 e. The summed E-state index contributed by atoms with van der Waals surface area (Å²) in [6.07, 6.45) is 4.48. The summed E-state index contributed by atoms with van der Waals surface area (Å²) in [6, 6.07) is 10.6. The van der Waals surface area contributed by atoms with E-state index in [0.717, 1.165) is 18.2 Å². The monoisotopic (exact) mass is 238 g/mol. The molecule has 1 aromatic carbocycles. The molecule has 0 N–H and O–H groups in total. The molecule has 0 saturated carbocycles. The molecule has 0 fully saturated rings. The Labute approximate surface area is 88.8 Å². The van der Waals surface area contributed by atoms with Crippen molar-refractivity contribution in [1.29, 1.82) is 0 Å². The van der Waals surface area contributed by atoms with Gasteiger partial charge in [0.15, 0.2) is 0 Å². The van der Waals surface area contributed by atoms with Crippen LogP contribution in [0.1, 0.15) is 18.9 Å². The molecule has 0 amide bonds. The van der Waals surface area contributed by atoms with E-state index in [2.05, 4.69) is 59.3 Å². The number of allylic oxidation sites excluding steroid dienone is 2. The van der Waals surface area contributed by atoms with Crippen LogP contribution in [0.3, 0.4) is 0 Å². The van der Waals surface area contributed by atoms with Crippen molar-refractivity contribution >= 4 is 15.9 Å². The number of halogens is 1. The minimum Gasteiger partial charge on any atom is -0.0883 e. The molecule has 0 heterocycles. The van der Waals surface area contributed by atoms with Crippen LogP contribution in [0, 0.1) is 0 Å². The second-order valence-corrected chi connectivity index (χ2v) is 3.68. The standard InChI is InChI=1S/C12H15Br/c1-2-11(8-9-13)10-12-6-4-3-5-7-12/h3-8H,2,9-10H2,1H3. The summed E-state index contributed by atoms with van der Waals surface area (Å²) in [5.74, 6) is 0. The topological polar surface area (TPSA) is 0 Å². The van der Waals surface area contributed by atoms with E-state index in [1.54, 1.807) is 0 Å². The van der Waals surface area contributed by atoms with Gasteiger partial charge in [-0.15, -0.1) is 0 Å². The molecule has 0 aromatic heterocycles. The fourth-order valence-corrected chi connectivity index (χ4v) is 1.77. The molecule has 0 nitrogen and oxygen atoms in total. The lowest BCUT2D eigenvalue weighted by Crippen LogP contribution is -1.89. The van der Waals surface area contributed by atoms with Crippen molar-refractivity contribution in [3.8, 4) is 0 Å². The van der Waals surface area contributed by atoms with Gasteiger partial charge in [-0.05, 0) is 18.4 Å². The zero-order valence-corrected chi connectivity index (χ0v) is 9.55. The highest BCUT2D eigenvalue weighted by molar-refractivity contribution is 9.09. The molecule has 0 spiro atoms. The Balaban J connectivity index is 2.62. The second-order valence-electron chi connectivity index (χ2n) is 3.03. The third kappa shape index (κ3) is 3.77. The van der Waals surface area contributed by atoms with Gasteiger partial charge in [0, 0.05) is 5.33 Å². The molecule has 1 heteroatoms. The van der Waals surface area contributed by atoms with Gasteiger partial charge in [0.05, 0.1) is 0 Å². The summed E-state index contributed by atoms with van der Waals surface area (Å²) in [5, 5.41) is 0.961. The summed E-state index contributed by atoms with van der Waals surface area (Å²) in [7, 11) is 0. The van der Waals surface area contributed by atoms with Gasteiger partial charge >= 0.3 is 0 Å². The van der Waals surface area contributed by atoms with Gasteiger partial charge in [0.2, 0.25) is 0 Å². The van der Waals surface area contributed by atoms with Gasteiger partial charge in [-0.3, -0.25) is 0 Å². The van der Waals surface area contributed by atoms with Crippen molar-refractivity contribution in [2.24, 2.45) is 0 Å². The van der Waals surface area contributed by atoms with Crippen LogP contribution in [0.2, 0.25) is 0 Å². The van der Waals surface area contributed by atoms with E-state index in [4.69, 9.17) is 0 Å². The summed E-state index contributed by atoms with van der Waals surface area (Å²) in [4.78, 5) is 0. The van der Waals surface area contributed by atoms with E-state index < -0.39 is 0 Å². The van der Waals surface area contributed by atoms with Crippen molar-refractivity contribution in [2.75, 3.05) is 5.33 Å². The van der Waals surface area contributed by atoms with Crippen LogP contribution in [0.15, 0.2) is 42.0 Å². The molecule has 0 radical (unpaired) electrons. The van der Waals surface area contributed by atoms with E-state index in [1.165, 1.54) is 11.1 Å². The van der Waals surface area contributed by atoms with Crippen molar-refractivity contribution < 1.29 is 0 Å². The zero-order chi connectivity index (χ0) is 9.52. The molecule has 0 unspecified atom stereocenters. The van der Waals surface area contributed by atoms with E-state index in [9.17, 15) is 0 Å². The highest BCUT2D eigenvalue weighted by atomic mass is 79.9. The van der Waals surface area contributed by atoms with Gasteiger partial charge in [0.1, 0.15) is 0 Å². The van der Waals surface area contributed by atoms with Crippen molar-refractivity contribution in [1.82, 2.24) is 0 Å². The minimum absolute atomic E-state index is 0.961. The Morgan fingerprint density at radius 3 is 2.54 bits per heavy atom. The number of hydrogen-bond acceptors (Lipinski definition) is 0. The lowest BCUT2D eigenvalue weighted by Gasteiger charge is -2.03. The summed E-state index contributed by atoms with van der Waals surface area (Å²) < 4.78 is 0. The number of rotatable bonds is 4. The Bertz CT molecular complexity index is 262. The first-order chi connectivity index (χ1) is 6.36. The van der Waals surface area contributed by atoms with E-state index in [-0.39, 0.29) is 0 Å². The minimum atomic E-state index is 0.961. The number of alkyl halides is 1. The zero-order valence-electron chi connectivity index (χ0n) is 7.96. The first kappa shape index (κ1) is 10.5. The molecular weight excluding hydrogens is 224 g/mol.